The molecule has 0 bridgehead atoms. The van der Waals surface area contributed by atoms with Crippen LogP contribution >= 0.6 is 0 Å². The summed E-state index contributed by atoms with van der Waals surface area (Å²) in [5.74, 6) is 2.32. The first-order chi connectivity index (χ1) is 9.11. The predicted molar refractivity (Wildman–Crippen MR) is 82.0 cm³/mol. The molecule has 2 radical (unpaired) electrons. The highest BCUT2D eigenvalue weighted by atomic mass is 16.5. The minimum atomic E-state index is 0.725. The third-order valence-corrected chi connectivity index (χ3v) is 3.34. The zero-order chi connectivity index (χ0) is 14.1. The van der Waals surface area contributed by atoms with Gasteiger partial charge >= 0.3 is 0 Å². The summed E-state index contributed by atoms with van der Waals surface area (Å²) < 4.78 is 5.72. The summed E-state index contributed by atoms with van der Waals surface area (Å²) >= 11 is 0. The van der Waals surface area contributed by atoms with Crippen LogP contribution in [-0.4, -0.2) is 6.61 Å². The molecule has 19 heavy (non-hydrogen) atoms. The molecule has 0 aliphatic rings. The number of ether oxygens (including phenoxy) is 1. The fourth-order valence-electron chi connectivity index (χ4n) is 2.04. The first-order valence-electron chi connectivity index (χ1n) is 7.31. The lowest BCUT2D eigenvalue weighted by atomic mass is 9.98. The van der Waals surface area contributed by atoms with Crippen LogP contribution in [0.25, 0.3) is 6.08 Å². The third kappa shape index (κ3) is 7.05. The Morgan fingerprint density at radius 2 is 2.05 bits per heavy atom. The fourth-order valence-corrected chi connectivity index (χ4v) is 2.04. The van der Waals surface area contributed by atoms with E-state index in [9.17, 15) is 0 Å². The molecule has 0 aliphatic heterocycles. The predicted octanol–water partition coefficient (Wildman–Crippen LogP) is 5.16. The van der Waals surface area contributed by atoms with Crippen LogP contribution in [0.2, 0.25) is 0 Å². The molecule has 1 heteroatoms. The molecule has 0 aromatic heterocycles. The molecule has 0 spiro atoms. The lowest BCUT2D eigenvalue weighted by Crippen LogP contribution is -2.05. The molecule has 1 aromatic carbocycles. The maximum atomic E-state index is 5.72. The Morgan fingerprint density at radius 1 is 1.26 bits per heavy atom. The molecule has 1 unspecified atom stereocenters. The molecule has 104 valence electrons. The number of hydrogen-bond donors (Lipinski definition) is 0. The van der Waals surface area contributed by atoms with Gasteiger partial charge in [-0.05, 0) is 36.0 Å². The van der Waals surface area contributed by atoms with E-state index in [1.807, 2.05) is 18.2 Å². The van der Waals surface area contributed by atoms with E-state index < -0.39 is 0 Å². The molecule has 0 heterocycles. The Kier molecular flexibility index (Phi) is 7.32. The Balaban J connectivity index is 2.20. The van der Waals surface area contributed by atoms with Gasteiger partial charge in [0.1, 0.15) is 5.75 Å². The van der Waals surface area contributed by atoms with Crippen LogP contribution in [-0.2, 0) is 0 Å². The van der Waals surface area contributed by atoms with Crippen LogP contribution in [0.4, 0.5) is 0 Å². The molecule has 1 nitrogen and oxygen atoms in total. The Hall–Kier alpha value is -1.24. The molecule has 0 saturated carbocycles. The zero-order valence-corrected chi connectivity index (χ0v) is 12.5. The largest absolute Gasteiger partial charge is 0.493 e. The van der Waals surface area contributed by atoms with E-state index in [1.54, 1.807) is 6.08 Å². The standard InChI is InChI=1S/C18H26O/c1-5-17-10-7-11-18(14-17)19-13-12-16(4)9-6-8-15(2)3/h1,5,7,10,14-16H,6,8-9,12-13H2,2-4H3. The van der Waals surface area contributed by atoms with Gasteiger partial charge in [-0.3, -0.25) is 0 Å². The SMILES string of the molecule is [CH]=Cc1cc[c]c(OCCC(C)CCCC(C)C)c1. The molecule has 1 rings (SSSR count). The fraction of sp³-hybridized carbons (Fsp3) is 0.556. The van der Waals surface area contributed by atoms with Crippen molar-refractivity contribution in [1.29, 1.82) is 0 Å². The minimum absolute atomic E-state index is 0.725. The summed E-state index contributed by atoms with van der Waals surface area (Å²) in [5, 5.41) is 0. The third-order valence-electron chi connectivity index (χ3n) is 3.34. The van der Waals surface area contributed by atoms with Crippen molar-refractivity contribution in [1.82, 2.24) is 0 Å². The molecule has 0 fully saturated rings. The van der Waals surface area contributed by atoms with Gasteiger partial charge in [-0.2, -0.15) is 0 Å². The molecule has 1 atom stereocenters. The molecule has 0 N–H and O–H groups in total. The van der Waals surface area contributed by atoms with Gasteiger partial charge in [0, 0.05) is 6.07 Å². The van der Waals surface area contributed by atoms with E-state index in [1.165, 1.54) is 19.3 Å². The first kappa shape index (κ1) is 15.8. The van der Waals surface area contributed by atoms with Gasteiger partial charge in [-0.25, -0.2) is 0 Å². The van der Waals surface area contributed by atoms with Crippen LogP contribution in [0.5, 0.6) is 5.75 Å². The highest BCUT2D eigenvalue weighted by Crippen LogP contribution is 2.17. The zero-order valence-electron chi connectivity index (χ0n) is 12.5. The second-order valence-electron chi connectivity index (χ2n) is 5.72. The van der Waals surface area contributed by atoms with E-state index >= 15 is 0 Å². The van der Waals surface area contributed by atoms with Crippen LogP contribution in [0.1, 0.15) is 52.0 Å². The summed E-state index contributed by atoms with van der Waals surface area (Å²) in [5.41, 5.74) is 0.971. The van der Waals surface area contributed by atoms with Gasteiger partial charge in [0.25, 0.3) is 0 Å². The normalized spacial score (nSPS) is 12.4. The van der Waals surface area contributed by atoms with Crippen molar-refractivity contribution >= 4 is 6.08 Å². The second kappa shape index (κ2) is 8.79. The van der Waals surface area contributed by atoms with Crippen molar-refractivity contribution in [3.8, 4) is 5.75 Å². The van der Waals surface area contributed by atoms with E-state index in [-0.39, 0.29) is 0 Å². The van der Waals surface area contributed by atoms with Crippen LogP contribution in [0.15, 0.2) is 18.2 Å². The maximum Gasteiger partial charge on any atom is 0.127 e. The molecular formula is C18H26O. The van der Waals surface area contributed by atoms with E-state index in [4.69, 9.17) is 11.3 Å². The molecule has 1 aromatic rings. The maximum absolute atomic E-state index is 5.72. The van der Waals surface area contributed by atoms with Crippen LogP contribution in [0.3, 0.4) is 0 Å². The van der Waals surface area contributed by atoms with Crippen molar-refractivity contribution in [2.75, 3.05) is 6.61 Å². The van der Waals surface area contributed by atoms with Gasteiger partial charge in [0.2, 0.25) is 0 Å². The highest BCUT2D eigenvalue weighted by molar-refractivity contribution is 5.48. The average molecular weight is 258 g/mol. The lowest BCUT2D eigenvalue weighted by Gasteiger charge is -2.13. The van der Waals surface area contributed by atoms with E-state index in [0.717, 1.165) is 36.2 Å². The van der Waals surface area contributed by atoms with Gasteiger partial charge < -0.3 is 4.74 Å². The summed E-state index contributed by atoms with van der Waals surface area (Å²) in [7, 11) is 0. The van der Waals surface area contributed by atoms with Gasteiger partial charge in [0.15, 0.2) is 0 Å². The molecule has 0 saturated heterocycles. The molecule has 0 amide bonds. The van der Waals surface area contributed by atoms with Crippen molar-refractivity contribution < 1.29 is 4.74 Å². The first-order valence-corrected chi connectivity index (χ1v) is 7.31. The van der Waals surface area contributed by atoms with Crippen LogP contribution in [0, 0.1) is 24.5 Å². The van der Waals surface area contributed by atoms with Crippen molar-refractivity contribution in [3.63, 3.8) is 0 Å². The quantitative estimate of drug-likeness (QED) is 0.594. The average Bonchev–Trinajstić information content (AvgIpc) is 2.38. The van der Waals surface area contributed by atoms with Gasteiger partial charge in [0.05, 0.1) is 6.61 Å². The number of hydrogen-bond acceptors (Lipinski definition) is 1. The van der Waals surface area contributed by atoms with Crippen molar-refractivity contribution in [2.45, 2.75) is 46.5 Å². The lowest BCUT2D eigenvalue weighted by molar-refractivity contribution is 0.275. The Labute approximate surface area is 118 Å². The van der Waals surface area contributed by atoms with E-state index in [2.05, 4.69) is 26.8 Å². The van der Waals surface area contributed by atoms with Crippen molar-refractivity contribution in [2.24, 2.45) is 11.8 Å². The Morgan fingerprint density at radius 3 is 2.74 bits per heavy atom. The van der Waals surface area contributed by atoms with Gasteiger partial charge in [-0.15, -0.1) is 0 Å². The molecule has 0 aliphatic carbocycles. The molecular weight excluding hydrogens is 232 g/mol. The summed E-state index contributed by atoms with van der Waals surface area (Å²) in [4.78, 5) is 0. The van der Waals surface area contributed by atoms with Crippen LogP contribution < -0.4 is 4.74 Å². The topological polar surface area (TPSA) is 9.23 Å². The van der Waals surface area contributed by atoms with Gasteiger partial charge in [-0.1, -0.05) is 58.8 Å². The van der Waals surface area contributed by atoms with Crippen molar-refractivity contribution in [3.05, 3.63) is 36.4 Å². The monoisotopic (exact) mass is 258 g/mol. The Bertz CT molecular complexity index is 368. The smallest absolute Gasteiger partial charge is 0.127 e. The summed E-state index contributed by atoms with van der Waals surface area (Å²) in [6.07, 6.45) is 6.62. The minimum Gasteiger partial charge on any atom is -0.493 e. The number of rotatable bonds is 9. The summed E-state index contributed by atoms with van der Waals surface area (Å²) in [6, 6.07) is 8.76. The van der Waals surface area contributed by atoms with E-state index in [0.29, 0.717) is 0 Å². The second-order valence-corrected chi connectivity index (χ2v) is 5.72. The number of benzene rings is 1. The highest BCUT2D eigenvalue weighted by Gasteiger charge is 2.04. The summed E-state index contributed by atoms with van der Waals surface area (Å²) in [6.45, 7) is 13.1.